The number of unbranched alkanes of at least 4 members (excludes halogenated alkanes) is 1. The summed E-state index contributed by atoms with van der Waals surface area (Å²) >= 11 is 0. The van der Waals surface area contributed by atoms with Gasteiger partial charge in [0.1, 0.15) is 11.8 Å². The van der Waals surface area contributed by atoms with Crippen molar-refractivity contribution in [2.75, 3.05) is 30.8 Å². The molecule has 0 saturated carbocycles. The highest BCUT2D eigenvalue weighted by Crippen LogP contribution is 2.21. The van der Waals surface area contributed by atoms with Gasteiger partial charge in [-0.05, 0) is 62.1 Å². The zero-order valence-electron chi connectivity index (χ0n) is 22.0. The van der Waals surface area contributed by atoms with Crippen molar-refractivity contribution >= 4 is 27.5 Å². The number of ether oxygens (including phenoxy) is 1. The van der Waals surface area contributed by atoms with E-state index in [1.165, 1.54) is 4.31 Å². The maximum Gasteiger partial charge on any atom is 0.242 e. The molecule has 2 amide bonds. The van der Waals surface area contributed by atoms with Crippen molar-refractivity contribution in [3.8, 4) is 5.75 Å². The summed E-state index contributed by atoms with van der Waals surface area (Å²) < 4.78 is 31.4. The lowest BCUT2D eigenvalue weighted by Crippen LogP contribution is -2.47. The van der Waals surface area contributed by atoms with E-state index in [1.54, 1.807) is 25.0 Å². The average Bonchev–Trinajstić information content (AvgIpc) is 2.84. The van der Waals surface area contributed by atoms with Gasteiger partial charge in [0.15, 0.2) is 0 Å². The molecule has 9 heteroatoms. The lowest BCUT2D eigenvalue weighted by molar-refractivity contribution is -0.140. The van der Waals surface area contributed by atoms with Gasteiger partial charge < -0.3 is 15.0 Å². The Balaban J connectivity index is 2.15. The third-order valence-electron chi connectivity index (χ3n) is 5.95. The van der Waals surface area contributed by atoms with Crippen molar-refractivity contribution in [2.45, 2.75) is 59.0 Å². The molecular weight excluding hydrogens is 478 g/mol. The van der Waals surface area contributed by atoms with Gasteiger partial charge in [-0.25, -0.2) is 8.42 Å². The first kappa shape index (κ1) is 29.2. The fraction of sp³-hybridized carbons (Fsp3) is 0.481. The Morgan fingerprint density at radius 3 is 2.36 bits per heavy atom. The summed E-state index contributed by atoms with van der Waals surface area (Å²) in [7, 11) is -1.93. The zero-order chi connectivity index (χ0) is 26.7. The molecule has 0 aromatic heterocycles. The molecule has 2 aromatic rings. The minimum atomic E-state index is -3.52. The van der Waals surface area contributed by atoms with Gasteiger partial charge in [0, 0.05) is 26.1 Å². The predicted molar refractivity (Wildman–Crippen MR) is 144 cm³/mol. The second kappa shape index (κ2) is 13.9. The second-order valence-electron chi connectivity index (χ2n) is 8.97. The summed E-state index contributed by atoms with van der Waals surface area (Å²) in [5.41, 5.74) is 2.39. The molecule has 0 heterocycles. The Morgan fingerprint density at radius 2 is 1.78 bits per heavy atom. The Kier molecular flexibility index (Phi) is 11.2. The number of hydrogen-bond acceptors (Lipinski definition) is 5. The van der Waals surface area contributed by atoms with Crippen molar-refractivity contribution in [3.63, 3.8) is 0 Å². The molecule has 2 rings (SSSR count). The average molecular weight is 518 g/mol. The van der Waals surface area contributed by atoms with E-state index < -0.39 is 16.1 Å². The first-order valence-electron chi connectivity index (χ1n) is 12.3. The topological polar surface area (TPSA) is 96.0 Å². The molecule has 0 aliphatic heterocycles. The van der Waals surface area contributed by atoms with Crippen LogP contribution in [0.2, 0.25) is 0 Å². The molecule has 198 valence electrons. The normalized spacial score (nSPS) is 12.0. The van der Waals surface area contributed by atoms with E-state index in [1.807, 2.05) is 56.3 Å². The maximum atomic E-state index is 13.3. The number of sulfonamides is 1. The number of hydrogen-bond donors (Lipinski definition) is 1. The van der Waals surface area contributed by atoms with Gasteiger partial charge in [-0.1, -0.05) is 37.6 Å². The van der Waals surface area contributed by atoms with Crippen molar-refractivity contribution in [1.82, 2.24) is 10.2 Å². The molecular formula is C27H39N3O5S. The fourth-order valence-corrected chi connectivity index (χ4v) is 4.79. The molecule has 1 atom stereocenters. The highest BCUT2D eigenvalue weighted by molar-refractivity contribution is 7.92. The number of rotatable bonds is 14. The van der Waals surface area contributed by atoms with Crippen LogP contribution in [0.3, 0.4) is 0 Å². The highest BCUT2D eigenvalue weighted by atomic mass is 32.2. The minimum Gasteiger partial charge on any atom is -0.497 e. The molecule has 0 aliphatic rings. The van der Waals surface area contributed by atoms with Crippen LogP contribution in [0.4, 0.5) is 5.69 Å². The van der Waals surface area contributed by atoms with Crippen LogP contribution >= 0.6 is 0 Å². The number of amides is 2. The van der Waals surface area contributed by atoms with E-state index in [4.69, 9.17) is 4.74 Å². The number of benzene rings is 2. The number of nitrogens with zero attached hydrogens (tertiary/aromatic N) is 2. The number of aryl methyl sites for hydroxylation is 1. The molecule has 0 bridgehead atoms. The Hall–Kier alpha value is -3.07. The van der Waals surface area contributed by atoms with Crippen LogP contribution < -0.4 is 14.4 Å². The highest BCUT2D eigenvalue weighted by Gasteiger charge is 2.26. The maximum absolute atomic E-state index is 13.3. The van der Waals surface area contributed by atoms with E-state index in [0.717, 1.165) is 30.2 Å². The largest absolute Gasteiger partial charge is 0.497 e. The summed E-state index contributed by atoms with van der Waals surface area (Å²) in [6.45, 7) is 6.66. The van der Waals surface area contributed by atoms with Crippen LogP contribution in [0, 0.1) is 6.92 Å². The van der Waals surface area contributed by atoms with E-state index in [9.17, 15) is 18.0 Å². The van der Waals surface area contributed by atoms with Gasteiger partial charge in [-0.2, -0.15) is 0 Å². The molecule has 0 radical (unpaired) electrons. The Labute approximate surface area is 215 Å². The van der Waals surface area contributed by atoms with Crippen LogP contribution in [0.15, 0.2) is 48.5 Å². The lowest BCUT2D eigenvalue weighted by Gasteiger charge is -2.29. The summed E-state index contributed by atoms with van der Waals surface area (Å²) in [5.74, 6) is 0.295. The second-order valence-corrected chi connectivity index (χ2v) is 10.9. The van der Waals surface area contributed by atoms with Gasteiger partial charge in [-0.15, -0.1) is 0 Å². The first-order chi connectivity index (χ1) is 17.1. The fourth-order valence-electron chi connectivity index (χ4n) is 3.83. The van der Waals surface area contributed by atoms with Crippen LogP contribution in [-0.4, -0.2) is 57.6 Å². The molecule has 0 aliphatic carbocycles. The number of carbonyl (C=O) groups is 2. The summed E-state index contributed by atoms with van der Waals surface area (Å²) in [6, 6.07) is 14.0. The predicted octanol–water partition coefficient (Wildman–Crippen LogP) is 3.88. The molecule has 8 nitrogen and oxygen atoms in total. The first-order valence-corrected chi connectivity index (χ1v) is 14.2. The van der Waals surface area contributed by atoms with E-state index in [2.05, 4.69) is 5.32 Å². The quantitative estimate of drug-likeness (QED) is 0.384. The van der Waals surface area contributed by atoms with Crippen molar-refractivity contribution < 1.29 is 22.7 Å². The summed E-state index contributed by atoms with van der Waals surface area (Å²) in [6.07, 6.45) is 3.42. The third kappa shape index (κ3) is 8.86. The van der Waals surface area contributed by atoms with Gasteiger partial charge >= 0.3 is 0 Å². The van der Waals surface area contributed by atoms with Crippen LogP contribution in [0.25, 0.3) is 0 Å². The van der Waals surface area contributed by atoms with Crippen molar-refractivity contribution in [1.29, 1.82) is 0 Å². The number of methoxy groups -OCH3 is 1. The molecule has 36 heavy (non-hydrogen) atoms. The number of nitrogens with one attached hydrogen (secondary N) is 1. The smallest absolute Gasteiger partial charge is 0.242 e. The number of anilines is 1. The zero-order valence-corrected chi connectivity index (χ0v) is 22.8. The van der Waals surface area contributed by atoms with Gasteiger partial charge in [-0.3, -0.25) is 13.9 Å². The van der Waals surface area contributed by atoms with Crippen LogP contribution in [0.5, 0.6) is 5.75 Å². The summed E-state index contributed by atoms with van der Waals surface area (Å²) in [4.78, 5) is 27.7. The summed E-state index contributed by atoms with van der Waals surface area (Å²) in [5, 5.41) is 2.90. The SMILES string of the molecule is CCCCNC(=O)[C@@H](C)N(Cc1ccc(OC)cc1)C(=O)CCCN(c1cccc(C)c1)S(C)(=O)=O. The van der Waals surface area contributed by atoms with E-state index in [0.29, 0.717) is 24.4 Å². The molecule has 1 N–H and O–H groups in total. The molecule has 2 aromatic carbocycles. The monoisotopic (exact) mass is 517 g/mol. The molecule has 0 saturated heterocycles. The van der Waals surface area contributed by atoms with Crippen LogP contribution in [-0.2, 0) is 26.2 Å². The minimum absolute atomic E-state index is 0.112. The van der Waals surface area contributed by atoms with E-state index in [-0.39, 0.29) is 31.3 Å². The van der Waals surface area contributed by atoms with Crippen molar-refractivity contribution in [2.24, 2.45) is 0 Å². The Bertz CT molecular complexity index is 1100. The standard InChI is InChI=1S/C27H39N3O5S/c1-6-7-17-28-27(32)22(3)29(20-23-13-15-25(35-4)16-14-23)26(31)12-9-18-30(36(5,33)34)24-11-8-10-21(2)19-24/h8,10-11,13-16,19,22H,6-7,9,12,17-18,20H2,1-5H3,(H,28,32)/t22-/m1/s1. The lowest BCUT2D eigenvalue weighted by atomic mass is 10.1. The third-order valence-corrected chi connectivity index (χ3v) is 7.14. The Morgan fingerprint density at radius 1 is 1.08 bits per heavy atom. The van der Waals surface area contributed by atoms with E-state index >= 15 is 0 Å². The molecule has 0 spiro atoms. The van der Waals surface area contributed by atoms with Gasteiger partial charge in [0.05, 0.1) is 19.1 Å². The molecule has 0 fully saturated rings. The van der Waals surface area contributed by atoms with Crippen LogP contribution in [0.1, 0.15) is 50.7 Å². The van der Waals surface area contributed by atoms with Gasteiger partial charge in [0.2, 0.25) is 21.8 Å². The number of carbonyl (C=O) groups excluding carboxylic acids is 2. The van der Waals surface area contributed by atoms with Crippen molar-refractivity contribution in [3.05, 3.63) is 59.7 Å². The molecule has 0 unspecified atom stereocenters. The van der Waals surface area contributed by atoms with Gasteiger partial charge in [0.25, 0.3) is 0 Å².